The van der Waals surface area contributed by atoms with Crippen LogP contribution in [0.3, 0.4) is 0 Å². The number of fused-ring (bicyclic) bond motifs is 1. The lowest BCUT2D eigenvalue weighted by Gasteiger charge is -2.21. The lowest BCUT2D eigenvalue weighted by molar-refractivity contribution is -0.122. The number of aromatic nitrogens is 1. The van der Waals surface area contributed by atoms with Gasteiger partial charge in [0.1, 0.15) is 5.52 Å². The lowest BCUT2D eigenvalue weighted by atomic mass is 10.1. The maximum Gasteiger partial charge on any atom is 0.229 e. The van der Waals surface area contributed by atoms with E-state index in [1.165, 1.54) is 6.92 Å². The van der Waals surface area contributed by atoms with E-state index in [9.17, 15) is 9.59 Å². The van der Waals surface area contributed by atoms with Crippen LogP contribution in [0.1, 0.15) is 26.2 Å². The highest BCUT2D eigenvalue weighted by atomic mass is 16.3. The summed E-state index contributed by atoms with van der Waals surface area (Å²) >= 11 is 0. The highest BCUT2D eigenvalue weighted by molar-refractivity contribution is 5.95. The first-order chi connectivity index (χ1) is 13.5. The van der Waals surface area contributed by atoms with Gasteiger partial charge in [-0.3, -0.25) is 9.59 Å². The molecule has 4 rings (SSSR count). The van der Waals surface area contributed by atoms with Crippen LogP contribution in [-0.4, -0.2) is 29.9 Å². The molecular formula is C22H23N3O3. The summed E-state index contributed by atoms with van der Waals surface area (Å²) in [6.45, 7) is 1.51. The third kappa shape index (κ3) is 3.63. The largest absolute Gasteiger partial charge is 0.436 e. The van der Waals surface area contributed by atoms with Gasteiger partial charge >= 0.3 is 0 Å². The Hall–Kier alpha value is -3.15. The van der Waals surface area contributed by atoms with Gasteiger partial charge in [0.05, 0.1) is 0 Å². The molecule has 6 nitrogen and oxygen atoms in total. The molecular weight excluding hydrogens is 354 g/mol. The summed E-state index contributed by atoms with van der Waals surface area (Å²) in [5.41, 5.74) is 3.27. The smallest absolute Gasteiger partial charge is 0.229 e. The van der Waals surface area contributed by atoms with E-state index in [0.29, 0.717) is 12.3 Å². The molecule has 1 N–H and O–H groups in total. The maximum atomic E-state index is 12.8. The molecule has 28 heavy (non-hydrogen) atoms. The molecule has 2 amide bonds. The second kappa shape index (κ2) is 7.46. The van der Waals surface area contributed by atoms with Crippen LogP contribution in [0, 0.1) is 5.92 Å². The van der Waals surface area contributed by atoms with Gasteiger partial charge in [0.25, 0.3) is 0 Å². The first-order valence-corrected chi connectivity index (χ1v) is 9.52. The molecule has 0 spiro atoms. The molecule has 1 aromatic heterocycles. The van der Waals surface area contributed by atoms with Gasteiger partial charge in [-0.15, -0.1) is 0 Å². The molecule has 0 radical (unpaired) electrons. The van der Waals surface area contributed by atoms with Crippen LogP contribution in [0.4, 0.5) is 5.69 Å². The van der Waals surface area contributed by atoms with Gasteiger partial charge in [-0.2, -0.15) is 0 Å². The molecule has 6 heteroatoms. The number of para-hydroxylation sites is 2. The monoisotopic (exact) mass is 377 g/mol. The summed E-state index contributed by atoms with van der Waals surface area (Å²) < 4.78 is 5.80. The average Bonchev–Trinajstić information content (AvgIpc) is 3.33. The predicted molar refractivity (Wildman–Crippen MR) is 108 cm³/mol. The number of carbonyl (C=O) groups excluding carboxylic acids is 2. The number of carbonyl (C=O) groups is 2. The quantitative estimate of drug-likeness (QED) is 0.751. The van der Waals surface area contributed by atoms with Crippen molar-refractivity contribution in [1.29, 1.82) is 0 Å². The fourth-order valence-corrected chi connectivity index (χ4v) is 3.85. The van der Waals surface area contributed by atoms with Crippen molar-refractivity contribution in [1.82, 2.24) is 10.3 Å². The van der Waals surface area contributed by atoms with E-state index in [4.69, 9.17) is 4.42 Å². The molecule has 1 heterocycles. The van der Waals surface area contributed by atoms with Crippen molar-refractivity contribution in [2.45, 2.75) is 32.2 Å². The molecule has 1 aliphatic rings. The standard InChI is InChI=1S/C22H23N3O3/c1-14(26)23-17-10-7-16(13-17)22(27)25(2)18-11-8-15(9-12-18)21-24-19-5-3-4-6-20(19)28-21/h3-6,8-9,11-12,16-17H,7,10,13H2,1-2H3,(H,23,26)/t16-,17+/m1/s1. The summed E-state index contributed by atoms with van der Waals surface area (Å²) in [4.78, 5) is 30.2. The van der Waals surface area contributed by atoms with E-state index in [1.807, 2.05) is 48.5 Å². The maximum absolute atomic E-state index is 12.8. The molecule has 1 saturated carbocycles. The topological polar surface area (TPSA) is 75.4 Å². The van der Waals surface area contributed by atoms with Gasteiger partial charge in [0, 0.05) is 37.2 Å². The molecule has 0 bridgehead atoms. The van der Waals surface area contributed by atoms with Crippen molar-refractivity contribution in [3.8, 4) is 11.5 Å². The van der Waals surface area contributed by atoms with Crippen LogP contribution >= 0.6 is 0 Å². The van der Waals surface area contributed by atoms with Gasteiger partial charge in [-0.25, -0.2) is 4.98 Å². The third-order valence-corrected chi connectivity index (χ3v) is 5.32. The number of anilines is 1. The number of benzene rings is 2. The van der Waals surface area contributed by atoms with E-state index >= 15 is 0 Å². The van der Waals surface area contributed by atoms with E-state index in [0.717, 1.165) is 35.2 Å². The number of rotatable bonds is 4. The Morgan fingerprint density at radius 3 is 2.57 bits per heavy atom. The van der Waals surface area contributed by atoms with Gasteiger partial charge < -0.3 is 14.6 Å². The Morgan fingerprint density at radius 2 is 1.86 bits per heavy atom. The van der Waals surface area contributed by atoms with Gasteiger partial charge in [0.15, 0.2) is 5.58 Å². The van der Waals surface area contributed by atoms with Crippen molar-refractivity contribution in [2.75, 3.05) is 11.9 Å². The van der Waals surface area contributed by atoms with Crippen molar-refractivity contribution in [3.05, 3.63) is 48.5 Å². The Bertz CT molecular complexity index is 976. The average molecular weight is 377 g/mol. The number of oxazole rings is 1. The lowest BCUT2D eigenvalue weighted by Crippen LogP contribution is -2.34. The van der Waals surface area contributed by atoms with Gasteiger partial charge in [-0.1, -0.05) is 12.1 Å². The summed E-state index contributed by atoms with van der Waals surface area (Å²) in [5, 5.41) is 2.91. The number of hydrogen-bond donors (Lipinski definition) is 1. The zero-order valence-corrected chi connectivity index (χ0v) is 16.0. The molecule has 2 atom stereocenters. The van der Waals surface area contributed by atoms with Crippen molar-refractivity contribution in [3.63, 3.8) is 0 Å². The molecule has 144 valence electrons. The van der Waals surface area contributed by atoms with E-state index in [1.54, 1.807) is 11.9 Å². The second-order valence-electron chi connectivity index (χ2n) is 7.34. The number of amides is 2. The Labute approximate surface area is 163 Å². The fourth-order valence-electron chi connectivity index (χ4n) is 3.85. The number of nitrogens with one attached hydrogen (secondary N) is 1. The summed E-state index contributed by atoms with van der Waals surface area (Å²) in [6.07, 6.45) is 2.35. The van der Waals surface area contributed by atoms with E-state index < -0.39 is 0 Å². The highest BCUT2D eigenvalue weighted by Gasteiger charge is 2.32. The third-order valence-electron chi connectivity index (χ3n) is 5.32. The van der Waals surface area contributed by atoms with Crippen LogP contribution in [0.2, 0.25) is 0 Å². The fraction of sp³-hybridized carbons (Fsp3) is 0.318. The molecule has 2 aromatic carbocycles. The predicted octanol–water partition coefficient (Wildman–Crippen LogP) is 3.76. The van der Waals surface area contributed by atoms with Crippen molar-refractivity contribution >= 4 is 28.6 Å². The molecule has 1 fully saturated rings. The van der Waals surface area contributed by atoms with Crippen molar-refractivity contribution in [2.24, 2.45) is 5.92 Å². The minimum atomic E-state index is -0.0569. The summed E-state index contributed by atoms with van der Waals surface area (Å²) in [6, 6.07) is 15.4. The molecule has 1 aliphatic carbocycles. The van der Waals surface area contributed by atoms with Crippen LogP contribution < -0.4 is 10.2 Å². The van der Waals surface area contributed by atoms with Crippen molar-refractivity contribution < 1.29 is 14.0 Å². The van der Waals surface area contributed by atoms with Crippen LogP contribution in [0.5, 0.6) is 0 Å². The minimum Gasteiger partial charge on any atom is -0.436 e. The summed E-state index contributed by atoms with van der Waals surface area (Å²) in [7, 11) is 1.79. The normalized spacial score (nSPS) is 18.9. The number of hydrogen-bond acceptors (Lipinski definition) is 4. The van der Waals surface area contributed by atoms with Crippen LogP contribution in [0.25, 0.3) is 22.6 Å². The van der Waals surface area contributed by atoms with Gasteiger partial charge in [0.2, 0.25) is 17.7 Å². The SMILES string of the molecule is CC(=O)N[C@H]1CC[C@@H](C(=O)N(C)c2ccc(-c3nc4ccccc4o3)cc2)C1. The van der Waals surface area contributed by atoms with Crippen LogP contribution in [-0.2, 0) is 9.59 Å². The van der Waals surface area contributed by atoms with Crippen LogP contribution in [0.15, 0.2) is 52.9 Å². The first-order valence-electron chi connectivity index (χ1n) is 9.52. The Morgan fingerprint density at radius 1 is 1.11 bits per heavy atom. The molecule has 3 aromatic rings. The number of nitrogens with zero attached hydrogens (tertiary/aromatic N) is 2. The molecule has 0 unspecified atom stereocenters. The zero-order chi connectivity index (χ0) is 19.7. The first kappa shape index (κ1) is 18.2. The van der Waals surface area contributed by atoms with E-state index in [2.05, 4.69) is 10.3 Å². The van der Waals surface area contributed by atoms with Gasteiger partial charge in [-0.05, 0) is 55.7 Å². The second-order valence-corrected chi connectivity index (χ2v) is 7.34. The summed E-state index contributed by atoms with van der Waals surface area (Å²) in [5.74, 6) is 0.554. The Kier molecular flexibility index (Phi) is 4.86. The highest BCUT2D eigenvalue weighted by Crippen LogP contribution is 2.30. The van der Waals surface area contributed by atoms with E-state index in [-0.39, 0.29) is 23.8 Å². The Balaban J connectivity index is 1.46. The zero-order valence-electron chi connectivity index (χ0n) is 16.0. The minimum absolute atomic E-state index is 0.0405. The molecule has 0 saturated heterocycles. The molecule has 0 aliphatic heterocycles.